The summed E-state index contributed by atoms with van der Waals surface area (Å²) in [6.07, 6.45) is 2.30. The lowest BCUT2D eigenvalue weighted by Crippen LogP contribution is -2.72. The van der Waals surface area contributed by atoms with Crippen molar-refractivity contribution in [3.8, 4) is 0 Å². The zero-order valence-corrected chi connectivity index (χ0v) is 10.3. The first-order valence-electron chi connectivity index (χ1n) is 6.38. The highest BCUT2D eigenvalue weighted by molar-refractivity contribution is 5.87. The topological polar surface area (TPSA) is 78.9 Å². The smallest absolute Gasteiger partial charge is 0.246 e. The van der Waals surface area contributed by atoms with E-state index in [1.54, 1.807) is 4.90 Å². The van der Waals surface area contributed by atoms with E-state index in [0.29, 0.717) is 19.7 Å². The maximum Gasteiger partial charge on any atom is 0.246 e. The Kier molecular flexibility index (Phi) is 2.60. The van der Waals surface area contributed by atoms with Crippen molar-refractivity contribution in [2.75, 3.05) is 32.9 Å². The van der Waals surface area contributed by atoms with Crippen molar-refractivity contribution in [1.29, 1.82) is 0 Å². The predicted molar refractivity (Wildman–Crippen MR) is 61.6 cm³/mol. The van der Waals surface area contributed by atoms with Crippen molar-refractivity contribution < 1.29 is 19.4 Å². The Balaban J connectivity index is 1.62. The van der Waals surface area contributed by atoms with Crippen LogP contribution in [0, 0.1) is 5.41 Å². The number of nitrogens with zero attached hydrogens (tertiary/aromatic N) is 1. The average molecular weight is 254 g/mol. The van der Waals surface area contributed by atoms with Gasteiger partial charge in [-0.05, 0) is 19.3 Å². The van der Waals surface area contributed by atoms with Crippen molar-refractivity contribution >= 4 is 11.8 Å². The molecule has 1 spiro atoms. The van der Waals surface area contributed by atoms with Crippen LogP contribution in [0.3, 0.4) is 0 Å². The maximum absolute atomic E-state index is 12.2. The molecule has 2 heterocycles. The molecule has 0 aromatic carbocycles. The average Bonchev–Trinajstić information content (AvgIpc) is 3.10. The molecule has 6 heteroatoms. The molecule has 0 bridgehead atoms. The summed E-state index contributed by atoms with van der Waals surface area (Å²) >= 11 is 0. The molecule has 18 heavy (non-hydrogen) atoms. The minimum absolute atomic E-state index is 0.0371. The molecule has 100 valence electrons. The fourth-order valence-electron chi connectivity index (χ4n) is 2.82. The number of nitrogens with one attached hydrogen (secondary N) is 1. The zero-order chi connectivity index (χ0) is 12.8. The molecule has 2 aliphatic heterocycles. The largest absolute Gasteiger partial charge is 0.395 e. The predicted octanol–water partition coefficient (Wildman–Crippen LogP) is -1.12. The third-order valence-corrected chi connectivity index (χ3v) is 4.25. The molecule has 0 atom stereocenters. The van der Waals surface area contributed by atoms with Crippen molar-refractivity contribution in [3.05, 3.63) is 0 Å². The number of likely N-dealkylation sites (tertiary alicyclic amines) is 1. The molecule has 2 N–H and O–H groups in total. The highest BCUT2D eigenvalue weighted by Crippen LogP contribution is 2.48. The highest BCUT2D eigenvalue weighted by atomic mass is 16.5. The van der Waals surface area contributed by atoms with Gasteiger partial charge in [-0.2, -0.15) is 0 Å². The summed E-state index contributed by atoms with van der Waals surface area (Å²) in [5.41, 5.74) is -0.804. The van der Waals surface area contributed by atoms with E-state index in [2.05, 4.69) is 5.32 Å². The Hall–Kier alpha value is -1.14. The van der Waals surface area contributed by atoms with Crippen molar-refractivity contribution in [2.24, 2.45) is 5.41 Å². The van der Waals surface area contributed by atoms with Gasteiger partial charge in [0.25, 0.3) is 0 Å². The number of carbonyl (C=O) groups excluding carboxylic acids is 2. The van der Waals surface area contributed by atoms with Crippen LogP contribution in [0.2, 0.25) is 0 Å². The van der Waals surface area contributed by atoms with Gasteiger partial charge in [-0.3, -0.25) is 9.59 Å². The Labute approximate surface area is 105 Å². The number of carbonyl (C=O) groups is 2. The van der Waals surface area contributed by atoms with Crippen LogP contribution in [-0.2, 0) is 14.3 Å². The summed E-state index contributed by atoms with van der Waals surface area (Å²) in [5, 5.41) is 12.2. The zero-order valence-electron chi connectivity index (χ0n) is 10.3. The summed E-state index contributed by atoms with van der Waals surface area (Å²) in [5.74, 6) is -0.0714. The van der Waals surface area contributed by atoms with Gasteiger partial charge in [-0.1, -0.05) is 0 Å². The second-order valence-electron chi connectivity index (χ2n) is 5.73. The summed E-state index contributed by atoms with van der Waals surface area (Å²) < 4.78 is 5.18. The Morgan fingerprint density at radius 1 is 1.39 bits per heavy atom. The fourth-order valence-corrected chi connectivity index (χ4v) is 2.82. The molecule has 0 unspecified atom stereocenters. The Bertz CT molecular complexity index is 386. The van der Waals surface area contributed by atoms with Gasteiger partial charge in [-0.15, -0.1) is 0 Å². The lowest BCUT2D eigenvalue weighted by molar-refractivity contribution is -0.149. The molecule has 1 aliphatic carbocycles. The molecule has 2 saturated heterocycles. The van der Waals surface area contributed by atoms with Crippen LogP contribution in [0.4, 0.5) is 0 Å². The number of aliphatic hydroxyl groups excluding tert-OH is 1. The summed E-state index contributed by atoms with van der Waals surface area (Å²) in [6, 6.07) is 0. The minimum atomic E-state index is -0.507. The van der Waals surface area contributed by atoms with E-state index in [1.807, 2.05) is 0 Å². The molecular formula is C12H18N2O4. The SMILES string of the molecule is O=C1COCCC2(CN(C(=O)C3(CO)CC3)C2)N1. The van der Waals surface area contributed by atoms with Crippen LogP contribution in [0.15, 0.2) is 0 Å². The minimum Gasteiger partial charge on any atom is -0.395 e. The molecule has 0 aromatic heterocycles. The first-order chi connectivity index (χ1) is 8.59. The van der Waals surface area contributed by atoms with Gasteiger partial charge < -0.3 is 20.1 Å². The van der Waals surface area contributed by atoms with Crippen LogP contribution in [0.25, 0.3) is 0 Å². The third-order valence-electron chi connectivity index (χ3n) is 4.25. The first-order valence-corrected chi connectivity index (χ1v) is 6.38. The molecule has 0 aromatic rings. The van der Waals surface area contributed by atoms with E-state index < -0.39 is 5.41 Å². The number of aliphatic hydroxyl groups is 1. The third kappa shape index (κ3) is 1.80. The van der Waals surface area contributed by atoms with Crippen LogP contribution in [-0.4, -0.2) is 60.3 Å². The maximum atomic E-state index is 12.2. The molecule has 1 saturated carbocycles. The van der Waals surface area contributed by atoms with E-state index in [-0.39, 0.29) is 30.6 Å². The van der Waals surface area contributed by atoms with Crippen LogP contribution in [0.5, 0.6) is 0 Å². The Morgan fingerprint density at radius 3 is 2.72 bits per heavy atom. The van der Waals surface area contributed by atoms with Gasteiger partial charge in [0.15, 0.2) is 0 Å². The fraction of sp³-hybridized carbons (Fsp3) is 0.833. The van der Waals surface area contributed by atoms with E-state index in [1.165, 1.54) is 0 Å². The molecule has 2 amide bonds. The van der Waals surface area contributed by atoms with Gasteiger partial charge in [0.1, 0.15) is 6.61 Å². The van der Waals surface area contributed by atoms with Crippen LogP contribution < -0.4 is 5.32 Å². The van der Waals surface area contributed by atoms with Gasteiger partial charge in [0.05, 0.1) is 17.6 Å². The van der Waals surface area contributed by atoms with Crippen LogP contribution >= 0.6 is 0 Å². The van der Waals surface area contributed by atoms with Gasteiger partial charge in [0.2, 0.25) is 11.8 Å². The van der Waals surface area contributed by atoms with E-state index in [0.717, 1.165) is 19.3 Å². The molecule has 3 aliphatic rings. The second-order valence-corrected chi connectivity index (χ2v) is 5.73. The number of amides is 2. The molecule has 3 fully saturated rings. The summed E-state index contributed by atoms with van der Waals surface area (Å²) in [6.45, 7) is 1.68. The lowest BCUT2D eigenvalue weighted by Gasteiger charge is -2.50. The quantitative estimate of drug-likeness (QED) is 0.654. The second kappa shape index (κ2) is 3.93. The van der Waals surface area contributed by atoms with Gasteiger partial charge in [-0.25, -0.2) is 0 Å². The van der Waals surface area contributed by atoms with E-state index in [9.17, 15) is 14.7 Å². The van der Waals surface area contributed by atoms with Crippen molar-refractivity contribution in [2.45, 2.75) is 24.8 Å². The molecular weight excluding hydrogens is 236 g/mol. The highest BCUT2D eigenvalue weighted by Gasteiger charge is 2.56. The molecule has 6 nitrogen and oxygen atoms in total. The van der Waals surface area contributed by atoms with E-state index >= 15 is 0 Å². The first kappa shape index (κ1) is 11.9. The van der Waals surface area contributed by atoms with Crippen LogP contribution in [0.1, 0.15) is 19.3 Å². The summed E-state index contributed by atoms with van der Waals surface area (Å²) in [7, 11) is 0. The molecule has 0 radical (unpaired) electrons. The number of hydrogen-bond acceptors (Lipinski definition) is 4. The number of rotatable bonds is 2. The van der Waals surface area contributed by atoms with Crippen molar-refractivity contribution in [3.63, 3.8) is 0 Å². The number of hydrogen-bond donors (Lipinski definition) is 2. The molecule has 3 rings (SSSR count). The standard InChI is InChI=1S/C12H18N2O4/c15-8-11(1-2-11)10(17)14-6-12(7-14)3-4-18-5-9(16)13-12/h15H,1-8H2,(H,13,16). The lowest BCUT2D eigenvalue weighted by atomic mass is 9.85. The summed E-state index contributed by atoms with van der Waals surface area (Å²) in [4.78, 5) is 25.4. The monoisotopic (exact) mass is 254 g/mol. The normalized spacial score (nSPS) is 28.3. The number of ether oxygens (including phenoxy) is 1. The Morgan fingerprint density at radius 2 is 2.11 bits per heavy atom. The van der Waals surface area contributed by atoms with E-state index in [4.69, 9.17) is 4.74 Å². The van der Waals surface area contributed by atoms with Crippen molar-refractivity contribution in [1.82, 2.24) is 10.2 Å². The van der Waals surface area contributed by atoms with Gasteiger partial charge >= 0.3 is 0 Å². The van der Waals surface area contributed by atoms with Gasteiger partial charge in [0, 0.05) is 19.7 Å².